The summed E-state index contributed by atoms with van der Waals surface area (Å²) in [4.78, 5) is 35.3. The van der Waals surface area contributed by atoms with Crippen molar-refractivity contribution in [3.8, 4) is 0 Å². The van der Waals surface area contributed by atoms with Gasteiger partial charge in [0.1, 0.15) is 5.69 Å². The summed E-state index contributed by atoms with van der Waals surface area (Å²) in [6, 6.07) is 9.08. The van der Waals surface area contributed by atoms with Gasteiger partial charge in [0.05, 0.1) is 21.9 Å². The molecule has 1 aliphatic carbocycles. The maximum Gasteiger partial charge on any atom is 0.270 e. The number of anilines is 1. The van der Waals surface area contributed by atoms with Crippen molar-refractivity contribution in [3.63, 3.8) is 0 Å². The van der Waals surface area contributed by atoms with E-state index in [0.29, 0.717) is 23.4 Å². The molecule has 158 valence electrons. The zero-order valence-corrected chi connectivity index (χ0v) is 17.1. The van der Waals surface area contributed by atoms with Gasteiger partial charge in [-0.1, -0.05) is 24.8 Å². The lowest BCUT2D eigenvalue weighted by atomic mass is 9.92. The predicted molar refractivity (Wildman–Crippen MR) is 119 cm³/mol. The second kappa shape index (κ2) is 9.71. The molecule has 8 heteroatoms. The highest BCUT2D eigenvalue weighted by atomic mass is 16.6. The molecule has 0 bridgehead atoms. The Bertz CT molecular complexity index is 1120. The Morgan fingerprint density at radius 3 is 2.52 bits per heavy atom. The number of hydrogen-bond donors (Lipinski definition) is 1. The monoisotopic (exact) mass is 418 g/mol. The minimum absolute atomic E-state index is 0.134. The molecule has 1 aliphatic rings. The molecule has 0 radical (unpaired) electrons. The van der Waals surface area contributed by atoms with E-state index in [4.69, 9.17) is 0 Å². The lowest BCUT2D eigenvalue weighted by Gasteiger charge is -2.12. The molecule has 2 aromatic rings. The molecule has 0 atom stereocenters. The van der Waals surface area contributed by atoms with Crippen LogP contribution in [0, 0.1) is 10.1 Å². The van der Waals surface area contributed by atoms with Crippen molar-refractivity contribution < 1.29 is 14.5 Å². The van der Waals surface area contributed by atoms with Crippen molar-refractivity contribution in [2.75, 3.05) is 5.32 Å². The van der Waals surface area contributed by atoms with E-state index in [0.717, 1.165) is 24.8 Å². The zero-order chi connectivity index (χ0) is 22.4. The minimum Gasteiger partial charge on any atom is -0.324 e. The number of azo groups is 1. The summed E-state index contributed by atoms with van der Waals surface area (Å²) in [5.74, 6) is -0.547. The largest absolute Gasteiger partial charge is 0.324 e. The van der Waals surface area contributed by atoms with Crippen LogP contribution in [0.2, 0.25) is 0 Å². The molecular weight excluding hydrogens is 396 g/mol. The standard InChI is InChI=1S/C23H22N4O4/c1-3-16-9-11-21(22(13-16)24-15(2)28)26-25-20-12-10-18(27(30)31)14-19(20)23(29)17-7-5-4-6-8-17/h3,7,9-14H,1,4-6,8H2,2H3,(H,24,28). The fourth-order valence-electron chi connectivity index (χ4n) is 3.29. The number of Topliss-reactive ketones (excluding diaryl/α,β-unsaturated/α-hetero) is 1. The number of nitrogens with one attached hydrogen (secondary N) is 1. The molecule has 0 heterocycles. The Balaban J connectivity index is 2.03. The molecule has 0 saturated carbocycles. The number of amides is 1. The first-order valence-corrected chi connectivity index (χ1v) is 9.87. The number of carbonyl (C=O) groups is 2. The van der Waals surface area contributed by atoms with E-state index in [9.17, 15) is 19.7 Å². The summed E-state index contributed by atoms with van der Waals surface area (Å²) in [5, 5.41) is 22.3. The van der Waals surface area contributed by atoms with Crippen molar-refractivity contribution >= 4 is 40.5 Å². The molecule has 1 amide bonds. The number of nitro benzene ring substituents is 1. The summed E-state index contributed by atoms with van der Waals surface area (Å²) in [5.41, 5.74) is 2.43. The molecule has 0 saturated heterocycles. The Kier molecular flexibility index (Phi) is 6.81. The number of allylic oxidation sites excluding steroid dienone is 2. The summed E-state index contributed by atoms with van der Waals surface area (Å²) < 4.78 is 0. The van der Waals surface area contributed by atoms with Crippen LogP contribution >= 0.6 is 0 Å². The van der Waals surface area contributed by atoms with Crippen molar-refractivity contribution in [3.05, 3.63) is 75.9 Å². The van der Waals surface area contributed by atoms with E-state index < -0.39 is 4.92 Å². The number of hydrogen-bond acceptors (Lipinski definition) is 6. The number of rotatable bonds is 7. The van der Waals surface area contributed by atoms with Crippen molar-refractivity contribution in [1.82, 2.24) is 0 Å². The molecular formula is C23H22N4O4. The molecule has 2 aromatic carbocycles. The quantitative estimate of drug-likeness (QED) is 0.246. The maximum absolute atomic E-state index is 13.0. The maximum atomic E-state index is 13.0. The summed E-state index contributed by atoms with van der Waals surface area (Å²) in [6.07, 6.45) is 6.88. The Morgan fingerprint density at radius 2 is 1.87 bits per heavy atom. The first kappa shape index (κ1) is 21.8. The molecule has 3 rings (SSSR count). The van der Waals surface area contributed by atoms with E-state index in [1.165, 1.54) is 25.1 Å². The van der Waals surface area contributed by atoms with E-state index in [2.05, 4.69) is 22.1 Å². The van der Waals surface area contributed by atoms with Gasteiger partial charge in [0.2, 0.25) is 5.91 Å². The van der Waals surface area contributed by atoms with E-state index in [-0.39, 0.29) is 28.6 Å². The van der Waals surface area contributed by atoms with Gasteiger partial charge in [-0.15, -0.1) is 10.2 Å². The van der Waals surface area contributed by atoms with Crippen LogP contribution in [0.25, 0.3) is 6.08 Å². The number of nitro groups is 1. The van der Waals surface area contributed by atoms with Crippen molar-refractivity contribution in [2.45, 2.75) is 32.6 Å². The average molecular weight is 418 g/mol. The van der Waals surface area contributed by atoms with Gasteiger partial charge in [0.25, 0.3) is 5.69 Å². The first-order chi connectivity index (χ1) is 14.9. The highest BCUT2D eigenvalue weighted by molar-refractivity contribution is 6.12. The van der Waals surface area contributed by atoms with E-state index >= 15 is 0 Å². The van der Waals surface area contributed by atoms with Crippen LogP contribution in [-0.4, -0.2) is 16.6 Å². The molecule has 1 N–H and O–H groups in total. The first-order valence-electron chi connectivity index (χ1n) is 9.87. The fourth-order valence-corrected chi connectivity index (χ4v) is 3.29. The molecule has 0 aromatic heterocycles. The molecule has 31 heavy (non-hydrogen) atoms. The van der Waals surface area contributed by atoms with Gasteiger partial charge in [-0.05, 0) is 55.0 Å². The number of non-ortho nitro benzene ring substituents is 1. The van der Waals surface area contributed by atoms with Crippen LogP contribution in [0.5, 0.6) is 0 Å². The third-order valence-corrected chi connectivity index (χ3v) is 4.85. The van der Waals surface area contributed by atoms with Crippen LogP contribution in [0.3, 0.4) is 0 Å². The van der Waals surface area contributed by atoms with Crippen LogP contribution < -0.4 is 5.32 Å². The highest BCUT2D eigenvalue weighted by Gasteiger charge is 2.21. The molecule has 8 nitrogen and oxygen atoms in total. The zero-order valence-electron chi connectivity index (χ0n) is 17.1. The average Bonchev–Trinajstić information content (AvgIpc) is 2.77. The van der Waals surface area contributed by atoms with E-state index in [1.54, 1.807) is 24.3 Å². The van der Waals surface area contributed by atoms with Crippen LogP contribution in [-0.2, 0) is 4.79 Å². The van der Waals surface area contributed by atoms with Gasteiger partial charge in [-0.3, -0.25) is 19.7 Å². The summed E-state index contributed by atoms with van der Waals surface area (Å²) in [7, 11) is 0. The fraction of sp³-hybridized carbons (Fsp3) is 0.217. The SMILES string of the molecule is C=Cc1ccc(N=Nc2ccc([N+](=O)[O-])cc2C(=O)C2=CCCCC2)c(NC(C)=O)c1. The van der Waals surface area contributed by atoms with Crippen LogP contribution in [0.15, 0.2) is 64.9 Å². The Hall–Kier alpha value is -3.94. The number of nitrogens with zero attached hydrogens (tertiary/aromatic N) is 3. The Morgan fingerprint density at radius 1 is 1.13 bits per heavy atom. The van der Waals surface area contributed by atoms with Gasteiger partial charge in [-0.2, -0.15) is 0 Å². The van der Waals surface area contributed by atoms with Gasteiger partial charge in [0, 0.05) is 19.1 Å². The van der Waals surface area contributed by atoms with Crippen LogP contribution in [0.4, 0.5) is 22.7 Å². The molecule has 0 aliphatic heterocycles. The summed E-state index contributed by atoms with van der Waals surface area (Å²) >= 11 is 0. The van der Waals surface area contributed by atoms with Gasteiger partial charge < -0.3 is 5.32 Å². The third kappa shape index (κ3) is 5.36. The number of benzene rings is 2. The molecule has 0 fully saturated rings. The molecule has 0 spiro atoms. The Labute approximate surface area is 179 Å². The van der Waals surface area contributed by atoms with Gasteiger partial charge in [-0.25, -0.2) is 0 Å². The predicted octanol–water partition coefficient (Wildman–Crippen LogP) is 6.29. The lowest BCUT2D eigenvalue weighted by molar-refractivity contribution is -0.384. The second-order valence-corrected chi connectivity index (χ2v) is 7.12. The lowest BCUT2D eigenvalue weighted by Crippen LogP contribution is -2.07. The van der Waals surface area contributed by atoms with Crippen molar-refractivity contribution in [2.24, 2.45) is 10.2 Å². The minimum atomic E-state index is -0.546. The second-order valence-electron chi connectivity index (χ2n) is 7.12. The topological polar surface area (TPSA) is 114 Å². The van der Waals surface area contributed by atoms with Gasteiger partial charge in [0.15, 0.2) is 5.78 Å². The van der Waals surface area contributed by atoms with E-state index in [1.807, 2.05) is 6.08 Å². The normalized spacial score (nSPS) is 13.5. The smallest absolute Gasteiger partial charge is 0.270 e. The third-order valence-electron chi connectivity index (χ3n) is 4.85. The number of carbonyl (C=O) groups excluding carboxylic acids is 2. The van der Waals surface area contributed by atoms with Crippen LogP contribution in [0.1, 0.15) is 48.5 Å². The van der Waals surface area contributed by atoms with Crippen molar-refractivity contribution in [1.29, 1.82) is 0 Å². The molecule has 0 unspecified atom stereocenters. The number of ketones is 1. The summed E-state index contributed by atoms with van der Waals surface area (Å²) in [6.45, 7) is 5.09. The van der Waals surface area contributed by atoms with Gasteiger partial charge >= 0.3 is 0 Å². The highest BCUT2D eigenvalue weighted by Crippen LogP contribution is 2.33.